The molecule has 0 aliphatic carbocycles. The second kappa shape index (κ2) is 40.1. The van der Waals surface area contributed by atoms with Gasteiger partial charge in [0.1, 0.15) is 0 Å². The third-order valence-corrected chi connectivity index (χ3v) is 0. The first kappa shape index (κ1) is 40.9. The first-order valence-electron chi connectivity index (χ1n) is 3.72. The fourth-order valence-corrected chi connectivity index (χ4v) is 0. The summed E-state index contributed by atoms with van der Waals surface area (Å²) in [5.74, 6) is 0. The summed E-state index contributed by atoms with van der Waals surface area (Å²) in [5, 5.41) is 7.00. The minimum Gasteiger partial charge on any atom is -0.400 e. The lowest BCUT2D eigenvalue weighted by molar-refractivity contribution is 0.399. The van der Waals surface area contributed by atoms with Crippen molar-refractivity contribution in [1.82, 2.24) is 0 Å². The highest BCUT2D eigenvalue weighted by Gasteiger charge is 1.80. The predicted octanol–water partition coefficient (Wildman–Crippen LogP) is 9.54. The van der Waals surface area contributed by atoms with Crippen LogP contribution in [0.15, 0.2) is 0 Å². The molecule has 144 valence electrons. The molecule has 0 unspecified atom stereocenters. The SMILES string of the molecule is CO.ClC(Cl)Cl.ClC(Cl)Cl.ClC(Cl)Cl.ClC(Cl)Cl.ClC(Cl)Cl. The van der Waals surface area contributed by atoms with E-state index in [0.717, 1.165) is 7.11 Å². The van der Waals surface area contributed by atoms with Crippen LogP contribution in [-0.4, -0.2) is 33.7 Å². The molecule has 0 aromatic rings. The normalized spacial score (nSPS) is 8.45. The Morgan fingerprint density at radius 1 is 0.318 bits per heavy atom. The fourth-order valence-electron chi connectivity index (χ4n) is 0. The largest absolute Gasteiger partial charge is 0.400 e. The van der Waals surface area contributed by atoms with E-state index in [1.165, 1.54) is 0 Å². The Bertz CT molecular complexity index is 82.6. The van der Waals surface area contributed by atoms with E-state index in [0.29, 0.717) is 0 Å². The van der Waals surface area contributed by atoms with Crippen LogP contribution in [0.2, 0.25) is 0 Å². The van der Waals surface area contributed by atoms with E-state index >= 15 is 0 Å². The van der Waals surface area contributed by atoms with Gasteiger partial charge in [0.25, 0.3) is 0 Å². The molecule has 0 saturated heterocycles. The minimum atomic E-state index is -0.750. The average Bonchev–Trinajstić information content (AvgIpc) is 2.14. The number of alkyl halides is 15. The predicted molar refractivity (Wildman–Crippen MR) is 115 cm³/mol. The molecule has 0 aliphatic heterocycles. The van der Waals surface area contributed by atoms with Gasteiger partial charge in [-0.1, -0.05) is 174 Å². The smallest absolute Gasteiger partial charge is 0.180 e. The van der Waals surface area contributed by atoms with Crippen molar-refractivity contribution < 1.29 is 5.11 Å². The summed E-state index contributed by atoms with van der Waals surface area (Å²) >= 11 is 72.1. The van der Waals surface area contributed by atoms with Crippen LogP contribution in [0.1, 0.15) is 0 Å². The highest BCUT2D eigenvalue weighted by Crippen LogP contribution is 2.05. The molecule has 0 amide bonds. The van der Waals surface area contributed by atoms with Crippen LogP contribution in [0.25, 0.3) is 0 Å². The Morgan fingerprint density at radius 2 is 0.318 bits per heavy atom. The van der Waals surface area contributed by atoms with E-state index in [1.54, 1.807) is 0 Å². The zero-order valence-corrected chi connectivity index (χ0v) is 21.3. The third kappa shape index (κ3) is 711. The molecule has 0 aliphatic rings. The minimum absolute atomic E-state index is 0.750. The molecule has 0 fully saturated rings. The van der Waals surface area contributed by atoms with Gasteiger partial charge in [0.15, 0.2) is 21.5 Å². The molecule has 0 saturated carbocycles. The highest BCUT2D eigenvalue weighted by atomic mass is 35.6. The monoisotopic (exact) mass is 622 g/mol. The van der Waals surface area contributed by atoms with Crippen molar-refractivity contribution in [1.29, 1.82) is 0 Å². The highest BCUT2D eigenvalue weighted by molar-refractivity contribution is 6.64. The summed E-state index contributed by atoms with van der Waals surface area (Å²) in [7, 11) is 1.00. The van der Waals surface area contributed by atoms with Crippen molar-refractivity contribution in [2.24, 2.45) is 0 Å². The topological polar surface area (TPSA) is 20.2 Å². The van der Waals surface area contributed by atoms with Gasteiger partial charge in [0.2, 0.25) is 0 Å². The maximum absolute atomic E-state index is 7.00. The second-order valence-electron chi connectivity index (χ2n) is 1.24. The molecule has 0 rings (SSSR count). The summed E-state index contributed by atoms with van der Waals surface area (Å²) in [4.78, 5) is 0. The Morgan fingerprint density at radius 3 is 0.318 bits per heavy atom. The zero-order valence-electron chi connectivity index (χ0n) is 10.0. The number of rotatable bonds is 0. The summed E-state index contributed by atoms with van der Waals surface area (Å²) < 4.78 is -3.75. The van der Waals surface area contributed by atoms with Gasteiger partial charge in [-0.2, -0.15) is 0 Å². The van der Waals surface area contributed by atoms with Crippen molar-refractivity contribution in [3.05, 3.63) is 0 Å². The Labute approximate surface area is 205 Å². The van der Waals surface area contributed by atoms with Gasteiger partial charge < -0.3 is 5.11 Å². The molecule has 1 N–H and O–H groups in total. The fraction of sp³-hybridized carbons (Fsp3) is 1.00. The van der Waals surface area contributed by atoms with Crippen LogP contribution in [0.4, 0.5) is 0 Å². The van der Waals surface area contributed by atoms with Crippen molar-refractivity contribution in [2.75, 3.05) is 7.11 Å². The summed E-state index contributed by atoms with van der Waals surface area (Å²) in [6.07, 6.45) is 0. The van der Waals surface area contributed by atoms with E-state index in [4.69, 9.17) is 179 Å². The van der Waals surface area contributed by atoms with E-state index in [9.17, 15) is 0 Å². The van der Waals surface area contributed by atoms with Gasteiger partial charge >= 0.3 is 0 Å². The molecular weight excluding hydrogens is 620 g/mol. The zero-order chi connectivity index (χ0) is 19.9. The van der Waals surface area contributed by atoms with Gasteiger partial charge in [0.05, 0.1) is 0 Å². The first-order valence-corrected chi connectivity index (χ1v) is 10.3. The van der Waals surface area contributed by atoms with Gasteiger partial charge in [-0.3, -0.25) is 0 Å². The van der Waals surface area contributed by atoms with Gasteiger partial charge in [-0.25, -0.2) is 0 Å². The lowest BCUT2D eigenvalue weighted by Gasteiger charge is -1.69. The van der Waals surface area contributed by atoms with Crippen molar-refractivity contribution in [3.63, 3.8) is 0 Å². The van der Waals surface area contributed by atoms with Gasteiger partial charge in [-0.05, 0) is 0 Å². The van der Waals surface area contributed by atoms with Crippen LogP contribution in [0.5, 0.6) is 0 Å². The number of hydrogen-bond acceptors (Lipinski definition) is 1. The van der Waals surface area contributed by atoms with Crippen molar-refractivity contribution >= 4 is 174 Å². The maximum Gasteiger partial charge on any atom is 0.180 e. The molecule has 0 spiro atoms. The summed E-state index contributed by atoms with van der Waals surface area (Å²) in [6, 6.07) is 0. The molecule has 0 aromatic carbocycles. The van der Waals surface area contributed by atoms with Crippen LogP contribution < -0.4 is 0 Å². The van der Waals surface area contributed by atoms with E-state index < -0.39 is 21.5 Å². The van der Waals surface area contributed by atoms with Crippen LogP contribution in [-0.2, 0) is 0 Å². The van der Waals surface area contributed by atoms with Crippen LogP contribution in [0.3, 0.4) is 0 Å². The second-order valence-corrected chi connectivity index (χ2v) is 11.1. The van der Waals surface area contributed by atoms with Crippen LogP contribution in [0, 0.1) is 0 Å². The quantitative estimate of drug-likeness (QED) is 0.265. The maximum atomic E-state index is 7.00. The van der Waals surface area contributed by atoms with E-state index in [2.05, 4.69) is 0 Å². The molecule has 16 heteroatoms. The molecular formula is C6H9Cl15O. The van der Waals surface area contributed by atoms with E-state index in [-0.39, 0.29) is 0 Å². The number of halogens is 15. The Balaban J connectivity index is -0.0000000353. The Kier molecular flexibility index (Phi) is 74.5. The summed E-state index contributed by atoms with van der Waals surface area (Å²) in [5.41, 5.74) is 0. The number of aliphatic hydroxyl groups excluding tert-OH is 1. The standard InChI is InChI=1S/5CHCl3.CH4O/c5*2-1(3)4;1-2/h5*1H;2H,1H3. The number of aliphatic hydroxyl groups is 1. The Hall–Kier alpha value is 4.31. The van der Waals surface area contributed by atoms with Gasteiger partial charge in [0, 0.05) is 7.11 Å². The molecule has 22 heavy (non-hydrogen) atoms. The van der Waals surface area contributed by atoms with Crippen LogP contribution >= 0.6 is 174 Å². The molecule has 0 atom stereocenters. The lowest BCUT2D eigenvalue weighted by atomic mass is 11.8. The third-order valence-electron chi connectivity index (χ3n) is 0. The molecule has 0 bridgehead atoms. The molecule has 0 heterocycles. The van der Waals surface area contributed by atoms with Gasteiger partial charge in [-0.15, -0.1) is 0 Å². The van der Waals surface area contributed by atoms with Crippen molar-refractivity contribution in [3.8, 4) is 0 Å². The number of hydrogen-bond donors (Lipinski definition) is 1. The summed E-state index contributed by atoms with van der Waals surface area (Å²) in [6.45, 7) is 0. The van der Waals surface area contributed by atoms with Crippen molar-refractivity contribution in [2.45, 2.75) is 21.5 Å². The molecule has 1 nitrogen and oxygen atoms in total. The van der Waals surface area contributed by atoms with E-state index in [1.807, 2.05) is 0 Å². The molecule has 0 aromatic heterocycles. The average molecular weight is 629 g/mol. The lowest BCUT2D eigenvalue weighted by Crippen LogP contribution is -1.55. The first-order chi connectivity index (χ1) is 9.66. The molecule has 0 radical (unpaired) electrons.